The molecular weight excluding hydrogens is 181 g/mol. The normalized spacial score (nSPS) is 11.7. The predicted molar refractivity (Wildman–Crippen MR) is 56.3 cm³/mol. The lowest BCUT2D eigenvalue weighted by molar-refractivity contribution is 0.627. The van der Waals surface area contributed by atoms with Crippen LogP contribution in [0.25, 0.3) is 0 Å². The molecule has 0 heterocycles. The summed E-state index contributed by atoms with van der Waals surface area (Å²) in [5.41, 5.74) is 1.02. The van der Waals surface area contributed by atoms with Gasteiger partial charge < -0.3 is 4.98 Å². The Hall–Kier alpha value is -0.673. The molecule has 0 amide bonds. The molecule has 0 saturated carbocycles. The monoisotopic (exact) mass is 196 g/mol. The van der Waals surface area contributed by atoms with Gasteiger partial charge in [0.2, 0.25) is 0 Å². The van der Waals surface area contributed by atoms with Gasteiger partial charge in [-0.3, -0.25) is 0 Å². The lowest BCUT2D eigenvalue weighted by Gasteiger charge is -2.17. The number of hydrogen-bond acceptors (Lipinski definition) is 1. The lowest BCUT2D eigenvalue weighted by Crippen LogP contribution is -2.39. The van der Waals surface area contributed by atoms with Crippen LogP contribution in [-0.4, -0.2) is 8.24 Å². The molecule has 1 aromatic carbocycles. The Morgan fingerprint density at radius 1 is 1.15 bits per heavy atom. The van der Waals surface area contributed by atoms with E-state index in [0.29, 0.717) is 0 Å². The molecule has 3 heteroatoms. The van der Waals surface area contributed by atoms with Gasteiger partial charge in [-0.05, 0) is 17.7 Å². The van der Waals surface area contributed by atoms with E-state index in [4.69, 9.17) is 0 Å². The highest BCUT2D eigenvalue weighted by atomic mass is 28.3. The van der Waals surface area contributed by atoms with Crippen LogP contribution in [0.1, 0.15) is 5.56 Å². The Bertz CT molecular complexity index is 263. The molecule has 0 spiro atoms. The third kappa shape index (κ3) is 4.19. The van der Waals surface area contributed by atoms with Crippen molar-refractivity contribution in [2.45, 2.75) is 19.6 Å². The van der Waals surface area contributed by atoms with Gasteiger partial charge in [0.15, 0.2) is 0 Å². The minimum absolute atomic E-state index is 0.190. The van der Waals surface area contributed by atoms with Gasteiger partial charge in [-0.25, -0.2) is 4.39 Å². The summed E-state index contributed by atoms with van der Waals surface area (Å²) in [5, 5.41) is 0. The fourth-order valence-corrected chi connectivity index (χ4v) is 1.46. The maximum absolute atomic E-state index is 12.5. The van der Waals surface area contributed by atoms with Crippen LogP contribution in [0, 0.1) is 12.4 Å². The molecule has 0 fully saturated rings. The number of nitrogens with one attached hydrogen (secondary N) is 1. The van der Waals surface area contributed by atoms with Crippen LogP contribution in [0.3, 0.4) is 0 Å². The molecule has 1 aromatic rings. The molecule has 0 bridgehead atoms. The average Bonchev–Trinajstić information content (AvgIpc) is 2.02. The summed E-state index contributed by atoms with van der Waals surface area (Å²) in [6, 6.07) is 6.47. The fourth-order valence-electron chi connectivity index (χ4n) is 0.859. The highest BCUT2D eigenvalue weighted by Crippen LogP contribution is 2.05. The van der Waals surface area contributed by atoms with Gasteiger partial charge in [0.1, 0.15) is 14.1 Å². The summed E-state index contributed by atoms with van der Waals surface area (Å²) in [6.07, 6.45) is 0. The number of rotatable bonds is 3. The first kappa shape index (κ1) is 10.4. The van der Waals surface area contributed by atoms with Crippen molar-refractivity contribution < 1.29 is 4.39 Å². The molecule has 13 heavy (non-hydrogen) atoms. The largest absolute Gasteiger partial charge is 0.329 e. The fraction of sp³-hybridized carbons (Fsp3) is 0.300. The third-order valence-electron chi connectivity index (χ3n) is 1.54. The van der Waals surface area contributed by atoms with Crippen molar-refractivity contribution in [3.8, 4) is 0 Å². The van der Waals surface area contributed by atoms with Crippen LogP contribution >= 0.6 is 0 Å². The van der Waals surface area contributed by atoms with E-state index in [1.54, 1.807) is 12.1 Å². The Morgan fingerprint density at radius 3 is 2.15 bits per heavy atom. The molecule has 1 nitrogen and oxygen atoms in total. The predicted octanol–water partition coefficient (Wildman–Crippen LogP) is 2.76. The van der Waals surface area contributed by atoms with Gasteiger partial charge in [-0.15, -0.1) is 0 Å². The lowest BCUT2D eigenvalue weighted by atomic mass is 10.2. The first-order valence-corrected chi connectivity index (χ1v) is 7.84. The number of benzene rings is 1. The van der Waals surface area contributed by atoms with Crippen molar-refractivity contribution in [2.75, 3.05) is 0 Å². The second-order valence-electron chi connectivity index (χ2n) is 4.09. The molecule has 0 aliphatic rings. The van der Waals surface area contributed by atoms with Crippen molar-refractivity contribution in [2.24, 2.45) is 0 Å². The van der Waals surface area contributed by atoms with Crippen molar-refractivity contribution in [3.63, 3.8) is 0 Å². The molecule has 0 unspecified atom stereocenters. The van der Waals surface area contributed by atoms with Crippen LogP contribution < -0.4 is 4.98 Å². The quantitative estimate of drug-likeness (QED) is 0.733. The maximum Gasteiger partial charge on any atom is 0.123 e. The summed E-state index contributed by atoms with van der Waals surface area (Å²) in [4.78, 5) is 3.35. The van der Waals surface area contributed by atoms with E-state index in [9.17, 15) is 4.39 Å². The Labute approximate surface area is 80.1 Å². The van der Waals surface area contributed by atoms with Crippen LogP contribution in [0.4, 0.5) is 4.39 Å². The van der Waals surface area contributed by atoms with Gasteiger partial charge in [-0.2, -0.15) is 0 Å². The summed E-state index contributed by atoms with van der Waals surface area (Å²) < 4.78 is 12.5. The summed E-state index contributed by atoms with van der Waals surface area (Å²) in [7, 11) is -1.25. The van der Waals surface area contributed by atoms with E-state index in [1.807, 2.05) is 6.54 Å². The van der Waals surface area contributed by atoms with Gasteiger partial charge in [0.05, 0.1) is 0 Å². The van der Waals surface area contributed by atoms with Crippen molar-refractivity contribution in [1.82, 2.24) is 4.98 Å². The molecule has 0 aliphatic heterocycles. The van der Waals surface area contributed by atoms with Gasteiger partial charge in [-0.1, -0.05) is 31.8 Å². The second-order valence-corrected chi connectivity index (χ2v) is 8.88. The van der Waals surface area contributed by atoms with Crippen LogP contribution in [-0.2, 0) is 0 Å². The Kier molecular flexibility index (Phi) is 3.22. The minimum atomic E-state index is -1.25. The van der Waals surface area contributed by atoms with Gasteiger partial charge in [0.25, 0.3) is 0 Å². The standard InChI is InChI=1S/C10H15FNSi/c1-13(2,3)12-8-9-4-6-10(11)7-5-9/h4-8,12H,1-3H3. The number of hydrogen-bond donors (Lipinski definition) is 1. The Balaban J connectivity index is 2.51. The van der Waals surface area contributed by atoms with Crippen molar-refractivity contribution >= 4 is 8.24 Å². The molecule has 1 rings (SSSR count). The average molecular weight is 196 g/mol. The molecule has 0 saturated heterocycles. The molecular formula is C10H15FNSi. The van der Waals surface area contributed by atoms with E-state index in [0.717, 1.165) is 5.56 Å². The molecule has 0 aromatic heterocycles. The zero-order chi connectivity index (χ0) is 9.90. The van der Waals surface area contributed by atoms with Crippen LogP contribution in [0.2, 0.25) is 19.6 Å². The first-order chi connectivity index (χ1) is 5.97. The van der Waals surface area contributed by atoms with E-state index >= 15 is 0 Å². The zero-order valence-electron chi connectivity index (χ0n) is 8.26. The molecule has 0 aliphatic carbocycles. The second kappa shape index (κ2) is 4.02. The SMILES string of the molecule is C[Si](C)(C)N[CH]c1ccc(F)cc1. The molecule has 1 N–H and O–H groups in total. The zero-order valence-corrected chi connectivity index (χ0v) is 9.26. The third-order valence-corrected chi connectivity index (χ3v) is 2.55. The molecule has 0 atom stereocenters. The minimum Gasteiger partial charge on any atom is -0.329 e. The Morgan fingerprint density at radius 2 is 1.69 bits per heavy atom. The first-order valence-electron chi connectivity index (χ1n) is 4.34. The van der Waals surface area contributed by atoms with E-state index in [2.05, 4.69) is 24.6 Å². The summed E-state index contributed by atoms with van der Waals surface area (Å²) in [6.45, 7) is 8.60. The topological polar surface area (TPSA) is 12.0 Å². The van der Waals surface area contributed by atoms with Crippen molar-refractivity contribution in [3.05, 3.63) is 42.2 Å². The summed E-state index contributed by atoms with van der Waals surface area (Å²) >= 11 is 0. The van der Waals surface area contributed by atoms with Gasteiger partial charge in [0, 0.05) is 6.54 Å². The summed E-state index contributed by atoms with van der Waals surface area (Å²) in [5.74, 6) is -0.190. The van der Waals surface area contributed by atoms with Gasteiger partial charge >= 0.3 is 0 Å². The molecule has 71 valence electrons. The highest BCUT2D eigenvalue weighted by Gasteiger charge is 2.11. The maximum atomic E-state index is 12.5. The van der Waals surface area contributed by atoms with E-state index in [1.165, 1.54) is 12.1 Å². The molecule has 1 radical (unpaired) electrons. The smallest absolute Gasteiger partial charge is 0.123 e. The highest BCUT2D eigenvalue weighted by molar-refractivity contribution is 6.73. The van der Waals surface area contributed by atoms with Crippen LogP contribution in [0.15, 0.2) is 24.3 Å². The van der Waals surface area contributed by atoms with E-state index in [-0.39, 0.29) is 5.82 Å². The number of halogens is 1. The van der Waals surface area contributed by atoms with Crippen LogP contribution in [0.5, 0.6) is 0 Å². The van der Waals surface area contributed by atoms with Crippen molar-refractivity contribution in [1.29, 1.82) is 0 Å². The van der Waals surface area contributed by atoms with E-state index < -0.39 is 8.24 Å².